The number of halogens is 1. The van der Waals surface area contributed by atoms with Gasteiger partial charge in [0.15, 0.2) is 0 Å². The molecule has 1 heterocycles. The molecule has 0 saturated carbocycles. The van der Waals surface area contributed by atoms with Crippen molar-refractivity contribution < 1.29 is 8.42 Å². The lowest BCUT2D eigenvalue weighted by Gasteiger charge is -2.01. The molecule has 0 aliphatic carbocycles. The summed E-state index contributed by atoms with van der Waals surface area (Å²) in [6.07, 6.45) is 0. The SMILES string of the molecule is Cc1cc(Sc2ccc(S(N)(=O)=O)s2)ccc1Cl. The van der Waals surface area contributed by atoms with Crippen molar-refractivity contribution in [1.82, 2.24) is 0 Å². The molecule has 1 aromatic carbocycles. The van der Waals surface area contributed by atoms with E-state index in [0.717, 1.165) is 31.0 Å². The molecule has 0 saturated heterocycles. The molecule has 18 heavy (non-hydrogen) atoms. The Kier molecular flexibility index (Phi) is 4.03. The Morgan fingerprint density at radius 3 is 2.56 bits per heavy atom. The van der Waals surface area contributed by atoms with Gasteiger partial charge in [0.2, 0.25) is 10.0 Å². The van der Waals surface area contributed by atoms with Gasteiger partial charge in [0.25, 0.3) is 0 Å². The standard InChI is InChI=1S/C11H10ClNO2S3/c1-7-6-8(2-3-9(7)12)16-10-4-5-11(17-10)18(13,14)15/h2-6H,1H3,(H2,13,14,15). The predicted octanol–water partition coefficient (Wildman–Crippen LogP) is 3.51. The van der Waals surface area contributed by atoms with Crippen molar-refractivity contribution in [2.75, 3.05) is 0 Å². The largest absolute Gasteiger partial charge is 0.247 e. The van der Waals surface area contributed by atoms with E-state index in [1.165, 1.54) is 17.8 Å². The normalized spacial score (nSPS) is 11.7. The van der Waals surface area contributed by atoms with Crippen LogP contribution in [0.3, 0.4) is 0 Å². The Morgan fingerprint density at radius 2 is 2.00 bits per heavy atom. The molecule has 0 radical (unpaired) electrons. The molecule has 0 atom stereocenters. The number of hydrogen-bond donors (Lipinski definition) is 1. The van der Waals surface area contributed by atoms with Gasteiger partial charge in [0.05, 0.1) is 4.21 Å². The lowest BCUT2D eigenvalue weighted by molar-refractivity contribution is 0.600. The number of benzene rings is 1. The molecule has 0 bridgehead atoms. The molecular formula is C11H10ClNO2S3. The molecule has 0 unspecified atom stereocenters. The fourth-order valence-electron chi connectivity index (χ4n) is 1.31. The van der Waals surface area contributed by atoms with E-state index in [2.05, 4.69) is 0 Å². The van der Waals surface area contributed by atoms with Gasteiger partial charge in [-0.15, -0.1) is 11.3 Å². The van der Waals surface area contributed by atoms with Gasteiger partial charge in [-0.05, 0) is 42.8 Å². The van der Waals surface area contributed by atoms with Crippen molar-refractivity contribution in [1.29, 1.82) is 0 Å². The fourth-order valence-corrected chi connectivity index (χ4v) is 4.51. The first-order valence-electron chi connectivity index (χ1n) is 4.93. The van der Waals surface area contributed by atoms with Gasteiger partial charge in [-0.1, -0.05) is 23.4 Å². The number of nitrogens with two attached hydrogens (primary N) is 1. The Bertz CT molecular complexity index is 679. The third-order valence-corrected chi connectivity index (χ3v) is 6.25. The Hall–Kier alpha value is -0.530. The maximum absolute atomic E-state index is 11.2. The van der Waals surface area contributed by atoms with Gasteiger partial charge in [-0.2, -0.15) is 0 Å². The lowest BCUT2D eigenvalue weighted by Crippen LogP contribution is -2.09. The number of sulfonamides is 1. The van der Waals surface area contributed by atoms with E-state index in [9.17, 15) is 8.42 Å². The summed E-state index contributed by atoms with van der Waals surface area (Å²) in [5.74, 6) is 0. The van der Waals surface area contributed by atoms with E-state index in [0.29, 0.717) is 0 Å². The highest BCUT2D eigenvalue weighted by Gasteiger charge is 2.12. The van der Waals surface area contributed by atoms with Gasteiger partial charge in [-0.3, -0.25) is 0 Å². The molecule has 0 amide bonds. The van der Waals surface area contributed by atoms with Crippen molar-refractivity contribution in [3.63, 3.8) is 0 Å². The lowest BCUT2D eigenvalue weighted by atomic mass is 10.2. The average molecular weight is 320 g/mol. The van der Waals surface area contributed by atoms with Gasteiger partial charge >= 0.3 is 0 Å². The predicted molar refractivity (Wildman–Crippen MR) is 76.0 cm³/mol. The minimum absolute atomic E-state index is 0.177. The topological polar surface area (TPSA) is 60.2 Å². The number of rotatable bonds is 3. The number of hydrogen-bond acceptors (Lipinski definition) is 4. The molecule has 1 aromatic heterocycles. The molecule has 2 aromatic rings. The highest BCUT2D eigenvalue weighted by Crippen LogP contribution is 2.35. The third kappa shape index (κ3) is 3.27. The zero-order valence-corrected chi connectivity index (χ0v) is 12.6. The molecule has 96 valence electrons. The first-order valence-corrected chi connectivity index (χ1v) is 8.48. The van der Waals surface area contributed by atoms with Crippen LogP contribution in [0, 0.1) is 6.92 Å². The van der Waals surface area contributed by atoms with E-state index < -0.39 is 10.0 Å². The monoisotopic (exact) mass is 319 g/mol. The molecule has 7 heteroatoms. The van der Waals surface area contributed by atoms with E-state index >= 15 is 0 Å². The van der Waals surface area contributed by atoms with Crippen LogP contribution in [0.15, 0.2) is 43.6 Å². The summed E-state index contributed by atoms with van der Waals surface area (Å²) in [6.45, 7) is 1.93. The molecular weight excluding hydrogens is 310 g/mol. The van der Waals surface area contributed by atoms with Crippen LogP contribution in [0.25, 0.3) is 0 Å². The van der Waals surface area contributed by atoms with Crippen molar-refractivity contribution in [3.8, 4) is 0 Å². The second kappa shape index (κ2) is 5.22. The molecule has 3 nitrogen and oxygen atoms in total. The smallest absolute Gasteiger partial charge is 0.224 e. The van der Waals surface area contributed by atoms with E-state index in [1.807, 2.05) is 25.1 Å². The van der Waals surface area contributed by atoms with Gasteiger partial charge in [0.1, 0.15) is 4.21 Å². The zero-order valence-electron chi connectivity index (χ0n) is 9.38. The van der Waals surface area contributed by atoms with Crippen LogP contribution in [0.5, 0.6) is 0 Å². The molecule has 0 aliphatic rings. The van der Waals surface area contributed by atoms with Gasteiger partial charge in [-0.25, -0.2) is 13.6 Å². The van der Waals surface area contributed by atoms with Crippen LogP contribution >= 0.6 is 34.7 Å². The Balaban J connectivity index is 2.24. The summed E-state index contributed by atoms with van der Waals surface area (Å²) in [6, 6.07) is 8.96. The first kappa shape index (κ1) is 13.9. The molecule has 0 fully saturated rings. The van der Waals surface area contributed by atoms with Gasteiger partial charge in [0, 0.05) is 9.92 Å². The van der Waals surface area contributed by atoms with Gasteiger partial charge < -0.3 is 0 Å². The van der Waals surface area contributed by atoms with Crippen LogP contribution in [0.2, 0.25) is 5.02 Å². The van der Waals surface area contributed by atoms with E-state index in [-0.39, 0.29) is 4.21 Å². The number of primary sulfonamides is 1. The van der Waals surface area contributed by atoms with E-state index in [4.69, 9.17) is 16.7 Å². The summed E-state index contributed by atoms with van der Waals surface area (Å²) in [5, 5.41) is 5.78. The minimum atomic E-state index is -3.61. The summed E-state index contributed by atoms with van der Waals surface area (Å²) in [7, 11) is -3.61. The minimum Gasteiger partial charge on any atom is -0.224 e. The van der Waals surface area contributed by atoms with E-state index in [1.54, 1.807) is 6.07 Å². The van der Waals surface area contributed by atoms with Crippen molar-refractivity contribution in [3.05, 3.63) is 40.9 Å². The number of thiophene rings is 1. The summed E-state index contributed by atoms with van der Waals surface area (Å²) < 4.78 is 23.4. The van der Waals surface area contributed by atoms with Crippen LogP contribution in [-0.4, -0.2) is 8.42 Å². The van der Waals surface area contributed by atoms with Crippen LogP contribution in [0.4, 0.5) is 0 Å². The molecule has 2 rings (SSSR count). The molecule has 0 aliphatic heterocycles. The van der Waals surface area contributed by atoms with Crippen molar-refractivity contribution in [2.45, 2.75) is 20.2 Å². The van der Waals surface area contributed by atoms with Crippen LogP contribution < -0.4 is 5.14 Å². The van der Waals surface area contributed by atoms with Crippen molar-refractivity contribution in [2.24, 2.45) is 5.14 Å². The fraction of sp³-hybridized carbons (Fsp3) is 0.0909. The maximum atomic E-state index is 11.2. The Labute approximate surface area is 119 Å². The highest BCUT2D eigenvalue weighted by molar-refractivity contribution is 8.01. The zero-order chi connectivity index (χ0) is 13.3. The second-order valence-electron chi connectivity index (χ2n) is 3.63. The Morgan fingerprint density at radius 1 is 1.28 bits per heavy atom. The van der Waals surface area contributed by atoms with Crippen LogP contribution in [0.1, 0.15) is 5.56 Å². The average Bonchev–Trinajstić information content (AvgIpc) is 2.72. The maximum Gasteiger partial charge on any atom is 0.247 e. The molecule has 2 N–H and O–H groups in total. The quantitative estimate of drug-likeness (QED) is 0.941. The highest BCUT2D eigenvalue weighted by atomic mass is 35.5. The summed E-state index contributed by atoms with van der Waals surface area (Å²) in [4.78, 5) is 1.01. The first-order chi connectivity index (χ1) is 8.36. The summed E-state index contributed by atoms with van der Waals surface area (Å²) in [5.41, 5.74) is 0.991. The van der Waals surface area contributed by atoms with Crippen LogP contribution in [-0.2, 0) is 10.0 Å². The summed E-state index contributed by atoms with van der Waals surface area (Å²) >= 11 is 8.59. The second-order valence-corrected chi connectivity index (χ2v) is 8.28. The molecule has 0 spiro atoms. The van der Waals surface area contributed by atoms with Crippen molar-refractivity contribution >= 4 is 44.7 Å². The number of aryl methyl sites for hydroxylation is 1. The third-order valence-electron chi connectivity index (χ3n) is 2.18.